The number of aryl methyl sites for hydroxylation is 2. The molecule has 98 valence electrons. The first-order valence-electron chi connectivity index (χ1n) is 6.22. The van der Waals surface area contributed by atoms with Crippen LogP contribution < -0.4 is 0 Å². The fraction of sp³-hybridized carbons (Fsp3) is 0.125. The normalized spacial score (nSPS) is 10.7. The van der Waals surface area contributed by atoms with Crippen molar-refractivity contribution in [1.82, 2.24) is 9.55 Å². The number of aromatic nitrogens is 2. The summed E-state index contributed by atoms with van der Waals surface area (Å²) < 4.78 is 2.00. The van der Waals surface area contributed by atoms with Crippen LogP contribution in [-0.2, 0) is 7.05 Å². The lowest BCUT2D eigenvalue weighted by Crippen LogP contribution is -1.94. The van der Waals surface area contributed by atoms with Crippen molar-refractivity contribution in [3.63, 3.8) is 0 Å². The van der Waals surface area contributed by atoms with Gasteiger partial charge in [0.15, 0.2) is 0 Å². The van der Waals surface area contributed by atoms with E-state index in [9.17, 15) is 5.26 Å². The molecule has 0 aliphatic heterocycles. The second-order valence-electron chi connectivity index (χ2n) is 4.81. The Balaban J connectivity index is 2.42. The second-order valence-corrected chi connectivity index (χ2v) is 5.24. The minimum atomic E-state index is 0.659. The molecular formula is C16H12ClN3. The van der Waals surface area contributed by atoms with E-state index in [4.69, 9.17) is 11.6 Å². The molecule has 0 spiro atoms. The molecule has 0 amide bonds. The number of hydrogen-bond acceptors (Lipinski definition) is 2. The third kappa shape index (κ3) is 1.86. The molecule has 0 atom stereocenters. The summed E-state index contributed by atoms with van der Waals surface area (Å²) in [5, 5.41) is 11.1. The summed E-state index contributed by atoms with van der Waals surface area (Å²) in [6, 6.07) is 9.92. The average Bonchev–Trinajstić information content (AvgIpc) is 2.71. The molecule has 3 rings (SSSR count). The first-order chi connectivity index (χ1) is 9.61. The Kier molecular flexibility index (Phi) is 2.96. The van der Waals surface area contributed by atoms with E-state index in [0.717, 1.165) is 27.7 Å². The molecule has 0 radical (unpaired) electrons. The molecule has 0 bridgehead atoms. The molecule has 0 N–H and O–H groups in total. The highest BCUT2D eigenvalue weighted by Gasteiger charge is 2.17. The van der Waals surface area contributed by atoms with E-state index >= 15 is 0 Å². The van der Waals surface area contributed by atoms with Gasteiger partial charge in [0.05, 0.1) is 16.8 Å². The molecule has 20 heavy (non-hydrogen) atoms. The van der Waals surface area contributed by atoms with Crippen LogP contribution in [0.5, 0.6) is 0 Å². The Hall–Kier alpha value is -2.31. The first kappa shape index (κ1) is 12.7. The predicted molar refractivity (Wildman–Crippen MR) is 80.6 cm³/mol. The molecule has 2 heterocycles. The van der Waals surface area contributed by atoms with Crippen molar-refractivity contribution in [1.29, 1.82) is 5.26 Å². The van der Waals surface area contributed by atoms with Crippen LogP contribution in [0, 0.1) is 18.3 Å². The summed E-state index contributed by atoms with van der Waals surface area (Å²) in [6.07, 6.45) is 3.58. The van der Waals surface area contributed by atoms with Gasteiger partial charge in [0, 0.05) is 35.4 Å². The number of benzene rings is 1. The van der Waals surface area contributed by atoms with E-state index in [1.54, 1.807) is 12.4 Å². The van der Waals surface area contributed by atoms with Crippen molar-refractivity contribution in [3.05, 3.63) is 52.8 Å². The molecule has 0 aliphatic rings. The number of hydrogen-bond donors (Lipinski definition) is 0. The van der Waals surface area contributed by atoms with E-state index in [0.29, 0.717) is 10.6 Å². The topological polar surface area (TPSA) is 41.6 Å². The molecule has 0 saturated carbocycles. The van der Waals surface area contributed by atoms with Gasteiger partial charge in [-0.05, 0) is 36.8 Å². The minimum absolute atomic E-state index is 0.659. The van der Waals surface area contributed by atoms with Crippen molar-refractivity contribution in [2.24, 2.45) is 7.05 Å². The third-order valence-corrected chi connectivity index (χ3v) is 3.66. The van der Waals surface area contributed by atoms with Crippen molar-refractivity contribution in [3.8, 4) is 17.3 Å². The predicted octanol–water partition coefficient (Wildman–Crippen LogP) is 4.07. The Morgan fingerprint density at radius 1 is 1.25 bits per heavy atom. The maximum atomic E-state index is 9.51. The number of fused-ring (bicyclic) bond motifs is 1. The van der Waals surface area contributed by atoms with Crippen LogP contribution >= 0.6 is 11.6 Å². The van der Waals surface area contributed by atoms with Crippen LogP contribution in [0.3, 0.4) is 0 Å². The van der Waals surface area contributed by atoms with Crippen molar-refractivity contribution in [2.45, 2.75) is 6.92 Å². The van der Waals surface area contributed by atoms with Gasteiger partial charge in [0.25, 0.3) is 0 Å². The number of nitriles is 1. The highest BCUT2D eigenvalue weighted by Crippen LogP contribution is 2.33. The number of pyridine rings is 1. The minimum Gasteiger partial charge on any atom is -0.342 e. The molecule has 0 saturated heterocycles. The SMILES string of the molecule is Cc1cncc(-c2c(C#N)c3ccc(Cl)cc3n2C)c1. The van der Waals surface area contributed by atoms with Crippen molar-refractivity contribution >= 4 is 22.5 Å². The van der Waals surface area contributed by atoms with E-state index in [1.807, 2.05) is 42.8 Å². The van der Waals surface area contributed by atoms with E-state index in [1.165, 1.54) is 0 Å². The summed E-state index contributed by atoms with van der Waals surface area (Å²) >= 11 is 6.06. The molecule has 0 unspecified atom stereocenters. The van der Waals surface area contributed by atoms with E-state index in [-0.39, 0.29) is 0 Å². The van der Waals surface area contributed by atoms with Crippen LogP contribution in [0.2, 0.25) is 5.02 Å². The smallest absolute Gasteiger partial charge is 0.102 e. The fourth-order valence-electron chi connectivity index (χ4n) is 2.55. The highest BCUT2D eigenvalue weighted by atomic mass is 35.5. The Bertz CT molecular complexity index is 856. The summed E-state index contributed by atoms with van der Waals surface area (Å²) in [7, 11) is 1.94. The lowest BCUT2D eigenvalue weighted by atomic mass is 10.1. The lowest BCUT2D eigenvalue weighted by molar-refractivity contribution is 0.974. The van der Waals surface area contributed by atoms with Crippen LogP contribution in [0.25, 0.3) is 22.2 Å². The van der Waals surface area contributed by atoms with Crippen LogP contribution in [0.15, 0.2) is 36.7 Å². The summed E-state index contributed by atoms with van der Waals surface area (Å²) in [5.41, 5.74) is 4.49. The van der Waals surface area contributed by atoms with Crippen LogP contribution in [0.4, 0.5) is 0 Å². The zero-order valence-electron chi connectivity index (χ0n) is 11.2. The zero-order valence-corrected chi connectivity index (χ0v) is 11.9. The standard InChI is InChI=1S/C16H12ClN3/c1-10-5-11(9-19-8-10)16-14(7-18)13-4-3-12(17)6-15(13)20(16)2/h3-6,8-9H,1-2H3. The molecule has 3 aromatic rings. The number of rotatable bonds is 1. The van der Waals surface area contributed by atoms with Gasteiger partial charge in [0.1, 0.15) is 6.07 Å². The maximum absolute atomic E-state index is 9.51. The number of halogens is 1. The first-order valence-corrected chi connectivity index (χ1v) is 6.59. The van der Waals surface area contributed by atoms with Crippen LogP contribution in [0.1, 0.15) is 11.1 Å². The van der Waals surface area contributed by atoms with E-state index < -0.39 is 0 Å². The fourth-order valence-corrected chi connectivity index (χ4v) is 2.71. The Morgan fingerprint density at radius 2 is 2.05 bits per heavy atom. The molecule has 0 fully saturated rings. The maximum Gasteiger partial charge on any atom is 0.102 e. The van der Waals surface area contributed by atoms with E-state index in [2.05, 4.69) is 11.1 Å². The zero-order chi connectivity index (χ0) is 14.3. The highest BCUT2D eigenvalue weighted by molar-refractivity contribution is 6.31. The molecule has 3 nitrogen and oxygen atoms in total. The quantitative estimate of drug-likeness (QED) is 0.674. The Morgan fingerprint density at radius 3 is 2.75 bits per heavy atom. The monoisotopic (exact) mass is 281 g/mol. The lowest BCUT2D eigenvalue weighted by Gasteiger charge is -2.05. The number of nitrogens with zero attached hydrogens (tertiary/aromatic N) is 3. The second kappa shape index (κ2) is 4.66. The molecule has 2 aromatic heterocycles. The molecule has 4 heteroatoms. The van der Waals surface area contributed by atoms with Gasteiger partial charge in [-0.2, -0.15) is 5.26 Å². The Labute approximate surface area is 122 Å². The van der Waals surface area contributed by atoms with Gasteiger partial charge in [0.2, 0.25) is 0 Å². The van der Waals surface area contributed by atoms with Gasteiger partial charge < -0.3 is 4.57 Å². The van der Waals surface area contributed by atoms with Crippen LogP contribution in [-0.4, -0.2) is 9.55 Å². The van der Waals surface area contributed by atoms with Gasteiger partial charge in [-0.1, -0.05) is 11.6 Å². The molecule has 1 aromatic carbocycles. The average molecular weight is 282 g/mol. The summed E-state index contributed by atoms with van der Waals surface area (Å²) in [5.74, 6) is 0. The van der Waals surface area contributed by atoms with Gasteiger partial charge in [-0.25, -0.2) is 0 Å². The van der Waals surface area contributed by atoms with Crippen molar-refractivity contribution < 1.29 is 0 Å². The summed E-state index contributed by atoms with van der Waals surface area (Å²) in [6.45, 7) is 1.99. The molecular weight excluding hydrogens is 270 g/mol. The van der Waals surface area contributed by atoms with Gasteiger partial charge in [-0.3, -0.25) is 4.98 Å². The third-order valence-electron chi connectivity index (χ3n) is 3.42. The van der Waals surface area contributed by atoms with Gasteiger partial charge >= 0.3 is 0 Å². The molecule has 0 aliphatic carbocycles. The summed E-state index contributed by atoms with van der Waals surface area (Å²) in [4.78, 5) is 4.22. The van der Waals surface area contributed by atoms with Crippen molar-refractivity contribution in [2.75, 3.05) is 0 Å². The largest absolute Gasteiger partial charge is 0.342 e. The van der Waals surface area contributed by atoms with Gasteiger partial charge in [-0.15, -0.1) is 0 Å².